The van der Waals surface area contributed by atoms with Crippen LogP contribution in [0.15, 0.2) is 142 Å². The fraction of sp³-hybridized carbons (Fsp3) is 0.373. The van der Waals surface area contributed by atoms with Crippen molar-refractivity contribution in [1.29, 1.82) is 0 Å². The molecule has 0 amide bonds. The quantitative estimate of drug-likeness (QED) is 0.0664. The third kappa shape index (κ3) is 14.7. The third-order valence-corrected chi connectivity index (χ3v) is 16.5. The number of benzene rings is 5. The van der Waals surface area contributed by atoms with Crippen molar-refractivity contribution >= 4 is 50.9 Å². The fourth-order valence-electron chi connectivity index (χ4n) is 11.9. The molecule has 0 bridgehead atoms. The van der Waals surface area contributed by atoms with Gasteiger partial charge in [-0.1, -0.05) is 48.5 Å². The zero-order valence-corrected chi connectivity index (χ0v) is 49.2. The monoisotopic (exact) mass is 1170 g/mol. The third-order valence-electron chi connectivity index (χ3n) is 16.5. The van der Waals surface area contributed by atoms with E-state index in [0.29, 0.717) is 78.8 Å². The van der Waals surface area contributed by atoms with E-state index in [-0.39, 0.29) is 47.2 Å². The fourth-order valence-corrected chi connectivity index (χ4v) is 11.9. The summed E-state index contributed by atoms with van der Waals surface area (Å²) in [7, 11) is 1.44. The van der Waals surface area contributed by atoms with Gasteiger partial charge in [0.2, 0.25) is 0 Å². The number of fused-ring (bicyclic) bond motifs is 5. The maximum atomic E-state index is 12.7. The van der Waals surface area contributed by atoms with Gasteiger partial charge in [-0.05, 0) is 151 Å². The molecular weight excluding hydrogens is 1090 g/mol. The van der Waals surface area contributed by atoms with Gasteiger partial charge < -0.3 is 67.7 Å². The van der Waals surface area contributed by atoms with Gasteiger partial charge in [-0.25, -0.2) is 0 Å². The van der Waals surface area contributed by atoms with Gasteiger partial charge in [-0.2, -0.15) is 0 Å². The van der Waals surface area contributed by atoms with Crippen LogP contribution in [0.5, 0.6) is 23.0 Å². The molecule has 3 N–H and O–H groups in total. The van der Waals surface area contributed by atoms with Gasteiger partial charge in [-0.15, -0.1) is 0 Å². The number of aryl methyl sites for hydroxylation is 3. The van der Waals surface area contributed by atoms with Gasteiger partial charge in [0.05, 0.1) is 42.0 Å². The lowest BCUT2D eigenvalue weighted by Crippen LogP contribution is -2.53. The Bertz CT molecular complexity index is 3930. The maximum absolute atomic E-state index is 12.7. The molecule has 19 heteroatoms. The first kappa shape index (κ1) is 60.5. The summed E-state index contributed by atoms with van der Waals surface area (Å²) >= 11 is 0. The molecule has 0 aliphatic carbocycles. The highest BCUT2D eigenvalue weighted by Gasteiger charge is 2.36. The predicted molar refractivity (Wildman–Crippen MR) is 330 cm³/mol. The van der Waals surface area contributed by atoms with Gasteiger partial charge in [0.1, 0.15) is 32.7 Å². The summed E-state index contributed by atoms with van der Waals surface area (Å²) in [6.45, 7) is 14.6. The van der Waals surface area contributed by atoms with Crippen LogP contribution in [0.4, 0.5) is 0 Å². The van der Waals surface area contributed by atoms with Crippen molar-refractivity contribution in [3.8, 4) is 23.0 Å². The number of hydrogen-bond donors (Lipinski definition) is 3. The molecule has 7 heterocycles. The average molecular weight is 1170 g/mol. The number of aromatic nitrogens is 3. The number of aldehydes is 1. The number of aliphatic carboxylic acids is 1. The molecule has 2 saturated heterocycles. The smallest absolute Gasteiger partial charge is 0.311 e. The Labute approximate surface area is 498 Å². The minimum absolute atomic E-state index is 0.00447. The van der Waals surface area contributed by atoms with Crippen molar-refractivity contribution < 1.29 is 43.2 Å². The van der Waals surface area contributed by atoms with Crippen LogP contribution in [-0.2, 0) is 51.8 Å². The molecule has 0 radical (unpaired) electrons. The number of rotatable bonds is 16. The first-order valence-corrected chi connectivity index (χ1v) is 29.5. The molecule has 12 rings (SSSR count). The number of hydrogen-bond acceptors (Lipinski definition) is 15. The first-order valence-electron chi connectivity index (χ1n) is 29.5. The van der Waals surface area contributed by atoms with E-state index >= 15 is 0 Å². The summed E-state index contributed by atoms with van der Waals surface area (Å²) in [5, 5.41) is 20.0. The van der Waals surface area contributed by atoms with E-state index in [9.17, 15) is 33.9 Å². The summed E-state index contributed by atoms with van der Waals surface area (Å²) in [6.07, 6.45) is 2.28. The molecule has 0 spiro atoms. The molecule has 3 aromatic heterocycles. The van der Waals surface area contributed by atoms with Gasteiger partial charge in [-0.3, -0.25) is 24.0 Å². The van der Waals surface area contributed by atoms with Crippen LogP contribution in [-0.4, -0.2) is 132 Å². The van der Waals surface area contributed by atoms with Crippen LogP contribution >= 0.6 is 0 Å². The Morgan fingerprint density at radius 2 is 0.919 bits per heavy atom. The highest BCUT2D eigenvalue weighted by molar-refractivity contribution is 5.81. The predicted octanol–water partition coefficient (Wildman–Crippen LogP) is 6.89. The molecule has 0 saturated carbocycles. The van der Waals surface area contributed by atoms with Crippen molar-refractivity contribution in [3.05, 3.63) is 186 Å². The van der Waals surface area contributed by atoms with Gasteiger partial charge in [0, 0.05) is 82.6 Å². The Morgan fingerprint density at radius 3 is 1.35 bits per heavy atom. The summed E-state index contributed by atoms with van der Waals surface area (Å²) in [6, 6.07) is 40.0. The Kier molecular flexibility index (Phi) is 19.7. The van der Waals surface area contributed by atoms with Crippen molar-refractivity contribution in [3.63, 3.8) is 0 Å². The number of likely N-dealkylation sites (tertiary alicyclic amines) is 2. The van der Waals surface area contributed by atoms with E-state index in [1.165, 1.54) is 17.7 Å². The lowest BCUT2D eigenvalue weighted by atomic mass is 9.91. The SMILES string of the molecule is COC(=O)C1CN(CCn2c(=O)ccc3ccc(C)cc32)CCC1NCc1ccc2c(c1)OCCO2.Cc1ccc2ccc(=O)n(CC=O)c2c1.Cc1ccc2ccc(=O)n(CCN3CCC(NCc4ccc5c(c4)OCCO5)C(C(=O)O)C3)c2c1. The second kappa shape index (κ2) is 28.1. The lowest BCUT2D eigenvalue weighted by molar-refractivity contribution is -0.148. The van der Waals surface area contributed by atoms with Crippen molar-refractivity contribution in [1.82, 2.24) is 34.1 Å². The standard InChI is InChI=1S/C28H33N3O5.C27H31N3O5.C12H11NO2/c1-19-3-5-21-6-8-27(32)31(24(21)15-19)12-11-30-10-9-23(22(18-30)28(33)34-2)29-17-20-4-7-25-26(16-20)36-14-13-35-25;1-18-2-4-20-5-7-26(31)30(23(20)14-18)11-10-29-9-8-22(21(17-29)27(32)33)28-16-19-3-6-24-25(15-19)35-13-12-34-24;1-9-2-3-10-4-5-12(15)13(6-7-14)11(10)8-9/h3-8,15-16,22-23,29H,9-14,17-18H2,1-2H3;2-7,14-15,21-22,28H,8-13,16-17H2,1H3,(H,32,33);2-5,7-8H,6H2,1H3. The number of carboxylic acids is 1. The summed E-state index contributed by atoms with van der Waals surface area (Å²) in [4.78, 5) is 76.4. The number of piperidine rings is 2. The molecule has 4 atom stereocenters. The van der Waals surface area contributed by atoms with Gasteiger partial charge in [0.25, 0.3) is 16.7 Å². The molecule has 4 unspecified atom stereocenters. The zero-order chi connectivity index (χ0) is 60.3. The topological polar surface area (TPSA) is 214 Å². The molecule has 4 aliphatic rings. The number of esters is 1. The highest BCUT2D eigenvalue weighted by Crippen LogP contribution is 2.33. The minimum Gasteiger partial charge on any atom is -0.486 e. The number of nitrogens with one attached hydrogen (secondary N) is 2. The number of carboxylic acid groups (broad SMARTS) is 1. The largest absolute Gasteiger partial charge is 0.486 e. The lowest BCUT2D eigenvalue weighted by Gasteiger charge is -2.37. The normalized spacial score (nSPS) is 18.3. The number of nitrogens with zero attached hydrogens (tertiary/aromatic N) is 5. The average Bonchev–Trinajstić information content (AvgIpc) is 3.48. The molecular formula is C67H75N7O12. The summed E-state index contributed by atoms with van der Waals surface area (Å²) in [5.74, 6) is 1.20. The van der Waals surface area contributed by atoms with E-state index in [2.05, 4.69) is 32.6 Å². The molecule has 8 aromatic rings. The number of carbonyl (C=O) groups is 3. The van der Waals surface area contributed by atoms with Crippen LogP contribution in [0, 0.1) is 32.6 Å². The Hall–Kier alpha value is -8.62. The van der Waals surface area contributed by atoms with Crippen molar-refractivity contribution in [2.75, 3.05) is 72.8 Å². The number of methoxy groups -OCH3 is 1. The first-order chi connectivity index (χ1) is 41.7. The summed E-state index contributed by atoms with van der Waals surface area (Å²) in [5.41, 5.74) is 7.92. The van der Waals surface area contributed by atoms with Crippen LogP contribution in [0.2, 0.25) is 0 Å². The molecule has 5 aromatic carbocycles. The molecule has 2 fully saturated rings. The number of carbonyl (C=O) groups excluding carboxylic acids is 2. The number of pyridine rings is 3. The van der Waals surface area contributed by atoms with Crippen LogP contribution in [0.1, 0.15) is 40.7 Å². The van der Waals surface area contributed by atoms with Gasteiger partial charge >= 0.3 is 11.9 Å². The van der Waals surface area contributed by atoms with Crippen molar-refractivity contribution in [2.24, 2.45) is 11.8 Å². The number of ether oxygens (including phenoxy) is 5. The second-order valence-corrected chi connectivity index (χ2v) is 22.5. The maximum Gasteiger partial charge on any atom is 0.311 e. The molecule has 450 valence electrons. The Balaban J connectivity index is 0.000000155. The van der Waals surface area contributed by atoms with E-state index in [0.717, 1.165) is 116 Å². The zero-order valence-electron chi connectivity index (χ0n) is 49.2. The van der Waals surface area contributed by atoms with E-state index < -0.39 is 11.9 Å². The molecule has 4 aliphatic heterocycles. The second-order valence-electron chi connectivity index (χ2n) is 22.5. The van der Waals surface area contributed by atoms with Crippen LogP contribution < -0.4 is 46.3 Å². The van der Waals surface area contributed by atoms with E-state index in [1.807, 2.05) is 116 Å². The van der Waals surface area contributed by atoms with Crippen LogP contribution in [0.3, 0.4) is 0 Å². The Morgan fingerprint density at radius 1 is 0.523 bits per heavy atom. The van der Waals surface area contributed by atoms with E-state index in [4.69, 9.17) is 23.7 Å². The highest BCUT2D eigenvalue weighted by atomic mass is 16.6. The summed E-state index contributed by atoms with van der Waals surface area (Å²) < 4.78 is 32.8. The molecule has 19 nitrogen and oxygen atoms in total. The van der Waals surface area contributed by atoms with E-state index in [1.54, 1.807) is 22.8 Å². The van der Waals surface area contributed by atoms with Crippen LogP contribution in [0.25, 0.3) is 32.7 Å². The minimum atomic E-state index is -0.799. The molecule has 86 heavy (non-hydrogen) atoms. The van der Waals surface area contributed by atoms with Gasteiger partial charge in [0.15, 0.2) is 23.0 Å². The van der Waals surface area contributed by atoms with Crippen molar-refractivity contribution in [2.45, 2.75) is 78.4 Å².